The minimum atomic E-state index is -0.257. The van der Waals surface area contributed by atoms with Crippen LogP contribution < -0.4 is 10.6 Å². The second-order valence-corrected chi connectivity index (χ2v) is 8.64. The first kappa shape index (κ1) is 23.1. The maximum Gasteiger partial charge on any atom is 0.319 e. The fourth-order valence-corrected chi connectivity index (χ4v) is 4.35. The van der Waals surface area contributed by atoms with Crippen molar-refractivity contribution in [2.75, 3.05) is 18.4 Å². The predicted molar refractivity (Wildman–Crippen MR) is 135 cm³/mol. The Hall–Kier alpha value is -4.11. The molecule has 2 aromatic carbocycles. The number of hydrogen-bond acceptors (Lipinski definition) is 4. The summed E-state index contributed by atoms with van der Waals surface area (Å²) in [5, 5.41) is 14.8. The van der Waals surface area contributed by atoms with Gasteiger partial charge in [0.05, 0.1) is 11.6 Å². The van der Waals surface area contributed by atoms with Gasteiger partial charge >= 0.3 is 6.03 Å². The molecule has 1 aliphatic rings. The van der Waals surface area contributed by atoms with Crippen LogP contribution in [-0.2, 0) is 6.54 Å². The number of nitriles is 1. The number of anilines is 1. The SMILES string of the molecule is C=C(c1cc(NC(=O)NCc2cccnc2)ccc1C)N1CCC(c2ccc(C#N)cc2)CC1. The van der Waals surface area contributed by atoms with Crippen molar-refractivity contribution in [2.45, 2.75) is 32.2 Å². The Morgan fingerprint density at radius 2 is 1.94 bits per heavy atom. The Morgan fingerprint density at radius 1 is 1.18 bits per heavy atom. The summed E-state index contributed by atoms with van der Waals surface area (Å²) < 4.78 is 0. The lowest BCUT2D eigenvalue weighted by Gasteiger charge is -2.35. The molecule has 6 nitrogen and oxygen atoms in total. The van der Waals surface area contributed by atoms with Gasteiger partial charge in [-0.05, 0) is 72.7 Å². The van der Waals surface area contributed by atoms with E-state index in [0.29, 0.717) is 18.0 Å². The van der Waals surface area contributed by atoms with Crippen LogP contribution in [0.3, 0.4) is 0 Å². The Labute approximate surface area is 200 Å². The van der Waals surface area contributed by atoms with Crippen LogP contribution in [0.2, 0.25) is 0 Å². The number of pyridine rings is 1. The number of rotatable bonds is 6. The molecule has 6 heteroatoms. The van der Waals surface area contributed by atoms with Crippen molar-refractivity contribution in [1.82, 2.24) is 15.2 Å². The molecule has 1 saturated heterocycles. The summed E-state index contributed by atoms with van der Waals surface area (Å²) >= 11 is 0. The Balaban J connectivity index is 1.35. The lowest BCUT2D eigenvalue weighted by atomic mass is 9.88. The zero-order valence-corrected chi connectivity index (χ0v) is 19.4. The number of aryl methyl sites for hydroxylation is 1. The number of piperidine rings is 1. The maximum atomic E-state index is 12.4. The quantitative estimate of drug-likeness (QED) is 0.523. The van der Waals surface area contributed by atoms with E-state index < -0.39 is 0 Å². The van der Waals surface area contributed by atoms with Crippen LogP contribution in [0.4, 0.5) is 10.5 Å². The predicted octanol–water partition coefficient (Wildman–Crippen LogP) is 5.43. The van der Waals surface area contributed by atoms with Crippen molar-refractivity contribution in [3.8, 4) is 6.07 Å². The molecule has 1 fully saturated rings. The van der Waals surface area contributed by atoms with Crippen LogP contribution in [0.25, 0.3) is 5.70 Å². The smallest absolute Gasteiger partial charge is 0.319 e. The Bertz CT molecular complexity index is 1190. The first-order chi connectivity index (χ1) is 16.5. The highest BCUT2D eigenvalue weighted by molar-refractivity contribution is 5.90. The third-order valence-electron chi connectivity index (χ3n) is 6.37. The molecule has 2 amide bonds. The van der Waals surface area contributed by atoms with E-state index in [1.54, 1.807) is 12.4 Å². The summed E-state index contributed by atoms with van der Waals surface area (Å²) in [6.45, 7) is 8.71. The lowest BCUT2D eigenvalue weighted by Crippen LogP contribution is -2.31. The first-order valence-corrected chi connectivity index (χ1v) is 11.5. The number of hydrogen-bond donors (Lipinski definition) is 2. The van der Waals surface area contributed by atoms with Crippen molar-refractivity contribution in [2.24, 2.45) is 0 Å². The van der Waals surface area contributed by atoms with Gasteiger partial charge in [0.15, 0.2) is 0 Å². The van der Waals surface area contributed by atoms with Crippen LogP contribution in [0, 0.1) is 18.3 Å². The Kier molecular flexibility index (Phi) is 7.24. The van der Waals surface area contributed by atoms with Gasteiger partial charge in [-0.3, -0.25) is 4.98 Å². The number of likely N-dealkylation sites (tertiary alicyclic amines) is 1. The van der Waals surface area contributed by atoms with E-state index >= 15 is 0 Å². The zero-order chi connectivity index (χ0) is 23.9. The molecule has 0 aliphatic carbocycles. The number of amides is 2. The fourth-order valence-electron chi connectivity index (χ4n) is 4.35. The van der Waals surface area contributed by atoms with Gasteiger partial charge in [0.2, 0.25) is 0 Å². The van der Waals surface area contributed by atoms with Crippen LogP contribution in [0.15, 0.2) is 73.6 Å². The molecule has 0 bridgehead atoms. The summed E-state index contributed by atoms with van der Waals surface area (Å²) in [7, 11) is 0. The molecule has 172 valence electrons. The topological polar surface area (TPSA) is 81.1 Å². The molecule has 1 aliphatic heterocycles. The second-order valence-electron chi connectivity index (χ2n) is 8.64. The minimum Gasteiger partial charge on any atom is -0.371 e. The Morgan fingerprint density at radius 3 is 2.62 bits per heavy atom. The van der Waals surface area contributed by atoms with Crippen molar-refractivity contribution >= 4 is 17.4 Å². The number of carbonyl (C=O) groups excluding carboxylic acids is 1. The highest BCUT2D eigenvalue weighted by Gasteiger charge is 2.22. The van der Waals surface area contributed by atoms with Crippen molar-refractivity contribution in [3.63, 3.8) is 0 Å². The third kappa shape index (κ3) is 5.62. The first-order valence-electron chi connectivity index (χ1n) is 11.5. The van der Waals surface area contributed by atoms with Gasteiger partial charge in [0.1, 0.15) is 0 Å². The van der Waals surface area contributed by atoms with E-state index in [-0.39, 0.29) is 6.03 Å². The summed E-state index contributed by atoms with van der Waals surface area (Å²) in [6, 6.07) is 19.6. The highest BCUT2D eigenvalue weighted by Crippen LogP contribution is 2.33. The average Bonchev–Trinajstić information content (AvgIpc) is 2.89. The fraction of sp³-hybridized carbons (Fsp3) is 0.250. The summed E-state index contributed by atoms with van der Waals surface area (Å²) in [5.74, 6) is 0.495. The van der Waals surface area contributed by atoms with Crippen LogP contribution >= 0.6 is 0 Å². The van der Waals surface area contributed by atoms with Crippen molar-refractivity contribution in [3.05, 3.63) is 101 Å². The van der Waals surface area contributed by atoms with Gasteiger partial charge < -0.3 is 15.5 Å². The molecule has 2 N–H and O–H groups in total. The average molecular weight is 452 g/mol. The van der Waals surface area contributed by atoms with Crippen LogP contribution in [0.5, 0.6) is 0 Å². The molecule has 0 unspecified atom stereocenters. The van der Waals surface area contributed by atoms with Gasteiger partial charge in [-0.1, -0.05) is 30.8 Å². The summed E-state index contributed by atoms with van der Waals surface area (Å²) in [6.07, 6.45) is 5.52. The standard InChI is InChI=1S/C28H29N5O/c1-20-5-10-26(32-28(34)31-19-23-4-3-13-30-18-23)16-27(20)21(2)33-14-11-25(12-15-33)24-8-6-22(17-29)7-9-24/h3-10,13,16,18,25H,2,11-12,14-15,19H2,1H3,(H2,31,32,34). The van der Waals surface area contributed by atoms with E-state index in [9.17, 15) is 4.79 Å². The molecular weight excluding hydrogens is 422 g/mol. The van der Waals surface area contributed by atoms with E-state index in [4.69, 9.17) is 5.26 Å². The normalized spacial score (nSPS) is 13.7. The second kappa shape index (κ2) is 10.7. The molecule has 1 aromatic heterocycles. The third-order valence-corrected chi connectivity index (χ3v) is 6.37. The molecule has 0 spiro atoms. The van der Waals surface area contributed by atoms with Gasteiger partial charge in [0.25, 0.3) is 0 Å². The number of nitrogens with zero attached hydrogens (tertiary/aromatic N) is 3. The van der Waals surface area contributed by atoms with Gasteiger partial charge in [-0.2, -0.15) is 5.26 Å². The monoisotopic (exact) mass is 451 g/mol. The number of nitrogens with one attached hydrogen (secondary N) is 2. The number of benzene rings is 2. The van der Waals surface area contributed by atoms with E-state index in [2.05, 4.69) is 52.2 Å². The highest BCUT2D eigenvalue weighted by atomic mass is 16.2. The zero-order valence-electron chi connectivity index (χ0n) is 19.4. The largest absolute Gasteiger partial charge is 0.371 e. The van der Waals surface area contributed by atoms with Gasteiger partial charge in [-0.15, -0.1) is 0 Å². The number of carbonyl (C=O) groups is 1. The van der Waals surface area contributed by atoms with Crippen LogP contribution in [0.1, 0.15) is 46.6 Å². The van der Waals surface area contributed by atoms with Gasteiger partial charge in [-0.25, -0.2) is 4.79 Å². The molecule has 34 heavy (non-hydrogen) atoms. The van der Waals surface area contributed by atoms with E-state index in [0.717, 1.165) is 54.0 Å². The molecule has 0 radical (unpaired) electrons. The molecule has 2 heterocycles. The molecule has 4 rings (SSSR count). The minimum absolute atomic E-state index is 0.257. The van der Waals surface area contributed by atoms with Crippen LogP contribution in [-0.4, -0.2) is 29.0 Å². The lowest BCUT2D eigenvalue weighted by molar-refractivity contribution is 0.251. The summed E-state index contributed by atoms with van der Waals surface area (Å²) in [4.78, 5) is 18.8. The van der Waals surface area contributed by atoms with Gasteiger partial charge in [0, 0.05) is 49.0 Å². The maximum absolute atomic E-state index is 12.4. The molecular formula is C28H29N5O. The van der Waals surface area contributed by atoms with Crippen molar-refractivity contribution < 1.29 is 4.79 Å². The summed E-state index contributed by atoms with van der Waals surface area (Å²) in [5.41, 5.74) is 6.82. The molecule has 0 saturated carbocycles. The molecule has 3 aromatic rings. The molecule has 0 atom stereocenters. The van der Waals surface area contributed by atoms with E-state index in [1.165, 1.54) is 5.56 Å². The van der Waals surface area contributed by atoms with Crippen molar-refractivity contribution in [1.29, 1.82) is 5.26 Å². The number of urea groups is 1. The van der Waals surface area contributed by atoms with E-state index in [1.807, 2.05) is 42.5 Å². The number of aromatic nitrogens is 1.